The lowest BCUT2D eigenvalue weighted by Gasteiger charge is -2.14. The summed E-state index contributed by atoms with van der Waals surface area (Å²) in [5.41, 5.74) is -1.14. The zero-order valence-corrected chi connectivity index (χ0v) is 11.0. The van der Waals surface area contributed by atoms with Gasteiger partial charge in [-0.05, 0) is 12.1 Å². The van der Waals surface area contributed by atoms with E-state index >= 15 is 0 Å². The van der Waals surface area contributed by atoms with E-state index in [9.17, 15) is 24.1 Å². The Morgan fingerprint density at radius 3 is 2.71 bits per heavy atom. The zero-order chi connectivity index (χ0) is 16.0. The average Bonchev–Trinajstić information content (AvgIpc) is 2.42. The van der Waals surface area contributed by atoms with Crippen LogP contribution >= 0.6 is 0 Å². The number of benzene rings is 1. The first-order valence-corrected chi connectivity index (χ1v) is 5.83. The van der Waals surface area contributed by atoms with Crippen molar-refractivity contribution in [3.05, 3.63) is 39.7 Å². The van der Waals surface area contributed by atoms with Gasteiger partial charge in [-0.3, -0.25) is 14.9 Å². The van der Waals surface area contributed by atoms with Crippen LogP contribution in [-0.2, 0) is 9.53 Å². The van der Waals surface area contributed by atoms with Crippen LogP contribution in [0.1, 0.15) is 16.8 Å². The first kappa shape index (κ1) is 16.5. The Hall–Kier alpha value is -2.55. The molecule has 9 heteroatoms. The van der Waals surface area contributed by atoms with Crippen molar-refractivity contribution in [1.29, 1.82) is 0 Å². The van der Waals surface area contributed by atoms with Gasteiger partial charge in [-0.2, -0.15) is 0 Å². The molecular weight excluding hydrogens is 287 g/mol. The molecule has 0 saturated carbocycles. The highest BCUT2D eigenvalue weighted by molar-refractivity contribution is 5.99. The van der Waals surface area contributed by atoms with E-state index < -0.39 is 39.9 Å². The molecule has 0 spiro atoms. The van der Waals surface area contributed by atoms with Crippen molar-refractivity contribution in [3.8, 4) is 0 Å². The molecule has 1 aromatic rings. The van der Waals surface area contributed by atoms with E-state index in [1.807, 2.05) is 0 Å². The van der Waals surface area contributed by atoms with Gasteiger partial charge in [0.25, 0.3) is 11.6 Å². The minimum absolute atomic E-state index is 0.00738. The van der Waals surface area contributed by atoms with Gasteiger partial charge in [0.2, 0.25) is 0 Å². The number of aliphatic carboxylic acids is 1. The lowest BCUT2D eigenvalue weighted by Crippen LogP contribution is -2.41. The van der Waals surface area contributed by atoms with Gasteiger partial charge >= 0.3 is 5.97 Å². The summed E-state index contributed by atoms with van der Waals surface area (Å²) in [5, 5.41) is 21.9. The van der Waals surface area contributed by atoms with E-state index in [1.165, 1.54) is 7.11 Å². The molecule has 0 saturated heterocycles. The van der Waals surface area contributed by atoms with Crippen LogP contribution in [0, 0.1) is 15.9 Å². The lowest BCUT2D eigenvalue weighted by molar-refractivity contribution is -0.385. The molecule has 8 nitrogen and oxygen atoms in total. The van der Waals surface area contributed by atoms with Crippen molar-refractivity contribution in [2.24, 2.45) is 0 Å². The summed E-state index contributed by atoms with van der Waals surface area (Å²) < 4.78 is 17.7. The van der Waals surface area contributed by atoms with Crippen molar-refractivity contribution in [1.82, 2.24) is 5.32 Å². The molecule has 1 unspecified atom stereocenters. The number of hydrogen-bond acceptors (Lipinski definition) is 5. The summed E-state index contributed by atoms with van der Waals surface area (Å²) in [7, 11) is 1.37. The fourth-order valence-corrected chi connectivity index (χ4v) is 1.58. The van der Waals surface area contributed by atoms with Crippen LogP contribution < -0.4 is 5.32 Å². The van der Waals surface area contributed by atoms with Gasteiger partial charge in [-0.25, -0.2) is 9.18 Å². The first-order chi connectivity index (χ1) is 9.86. The number of carbonyl (C=O) groups is 2. The number of hydrogen-bond donors (Lipinski definition) is 2. The van der Waals surface area contributed by atoms with Crippen LogP contribution in [-0.4, -0.2) is 41.7 Å². The molecule has 114 valence electrons. The third-order valence-corrected chi connectivity index (χ3v) is 2.62. The van der Waals surface area contributed by atoms with Crippen molar-refractivity contribution in [3.63, 3.8) is 0 Å². The number of methoxy groups -OCH3 is 1. The number of nitrogens with one attached hydrogen (secondary N) is 1. The predicted octanol–water partition coefficient (Wildman–Crippen LogP) is 0.953. The fourth-order valence-electron chi connectivity index (χ4n) is 1.58. The van der Waals surface area contributed by atoms with Gasteiger partial charge in [0.15, 0.2) is 0 Å². The summed E-state index contributed by atoms with van der Waals surface area (Å²) in [6.45, 7) is 0.0861. The lowest BCUT2D eigenvalue weighted by atomic mass is 10.1. The summed E-state index contributed by atoms with van der Waals surface area (Å²) >= 11 is 0. The van der Waals surface area contributed by atoms with Crippen LogP contribution in [0.25, 0.3) is 0 Å². The highest BCUT2D eigenvalue weighted by atomic mass is 19.1. The van der Waals surface area contributed by atoms with Crippen LogP contribution in [0.5, 0.6) is 0 Å². The summed E-state index contributed by atoms with van der Waals surface area (Å²) in [6, 6.07) is 1.15. The van der Waals surface area contributed by atoms with Crippen LogP contribution in [0.2, 0.25) is 0 Å². The molecule has 21 heavy (non-hydrogen) atoms. The SMILES string of the molecule is COCCC(NC(=O)c1ccc(F)cc1[N+](=O)[O-])C(=O)O. The minimum atomic E-state index is -1.30. The highest BCUT2D eigenvalue weighted by Gasteiger charge is 2.25. The molecule has 0 aliphatic heterocycles. The molecule has 0 heterocycles. The van der Waals surface area contributed by atoms with Gasteiger partial charge < -0.3 is 15.2 Å². The molecule has 1 amide bonds. The number of carboxylic acids is 1. The molecule has 0 radical (unpaired) electrons. The molecule has 0 aliphatic carbocycles. The Kier molecular flexibility index (Phi) is 5.73. The molecular formula is C12H13FN2O6. The van der Waals surface area contributed by atoms with Crippen LogP contribution in [0.3, 0.4) is 0 Å². The maximum atomic E-state index is 13.0. The number of carboxylic acid groups (broad SMARTS) is 1. The van der Waals surface area contributed by atoms with Crippen molar-refractivity contribution >= 4 is 17.6 Å². The molecule has 0 aliphatic rings. The number of ether oxygens (including phenoxy) is 1. The fraction of sp³-hybridized carbons (Fsp3) is 0.333. The maximum absolute atomic E-state index is 13.0. The second kappa shape index (κ2) is 7.29. The van der Waals surface area contributed by atoms with E-state index in [2.05, 4.69) is 5.32 Å². The van der Waals surface area contributed by atoms with Crippen LogP contribution in [0.4, 0.5) is 10.1 Å². The Balaban J connectivity index is 2.97. The topological polar surface area (TPSA) is 119 Å². The van der Waals surface area contributed by atoms with Gasteiger partial charge in [-0.15, -0.1) is 0 Å². The number of halogens is 1. The molecule has 0 fully saturated rings. The van der Waals surface area contributed by atoms with E-state index in [4.69, 9.17) is 9.84 Å². The standard InChI is InChI=1S/C12H13FN2O6/c1-21-5-4-9(12(17)18)14-11(16)8-3-2-7(13)6-10(8)15(19)20/h2-3,6,9H,4-5H2,1H3,(H,14,16)(H,17,18). The number of amides is 1. The Bertz CT molecular complexity index is 563. The summed E-state index contributed by atoms with van der Waals surface area (Å²) in [6.07, 6.45) is -0.00738. The smallest absolute Gasteiger partial charge is 0.326 e. The monoisotopic (exact) mass is 300 g/mol. The Morgan fingerprint density at radius 1 is 1.52 bits per heavy atom. The van der Waals surface area contributed by atoms with Crippen molar-refractivity contribution in [2.75, 3.05) is 13.7 Å². The average molecular weight is 300 g/mol. The molecule has 1 aromatic carbocycles. The normalized spacial score (nSPS) is 11.7. The zero-order valence-electron chi connectivity index (χ0n) is 11.0. The number of rotatable bonds is 7. The van der Waals surface area contributed by atoms with Gasteiger partial charge in [0, 0.05) is 20.1 Å². The second-order valence-electron chi connectivity index (χ2n) is 4.06. The largest absolute Gasteiger partial charge is 0.480 e. The van der Waals surface area contributed by atoms with Crippen LogP contribution in [0.15, 0.2) is 18.2 Å². The quantitative estimate of drug-likeness (QED) is 0.571. The van der Waals surface area contributed by atoms with Gasteiger partial charge in [0.05, 0.1) is 11.0 Å². The molecule has 1 atom stereocenters. The number of carbonyl (C=O) groups excluding carboxylic acids is 1. The number of nitrogens with zero attached hydrogens (tertiary/aromatic N) is 1. The van der Waals surface area contributed by atoms with Crippen molar-refractivity contribution in [2.45, 2.75) is 12.5 Å². The highest BCUT2D eigenvalue weighted by Crippen LogP contribution is 2.19. The second-order valence-corrected chi connectivity index (χ2v) is 4.06. The van der Waals surface area contributed by atoms with E-state index in [0.29, 0.717) is 6.07 Å². The van der Waals surface area contributed by atoms with Crippen molar-refractivity contribution < 1.29 is 28.7 Å². The van der Waals surface area contributed by atoms with Gasteiger partial charge in [0.1, 0.15) is 17.4 Å². The Morgan fingerprint density at radius 2 is 2.19 bits per heavy atom. The predicted molar refractivity (Wildman–Crippen MR) is 68.4 cm³/mol. The molecule has 0 aromatic heterocycles. The third-order valence-electron chi connectivity index (χ3n) is 2.62. The number of nitro groups is 1. The molecule has 2 N–H and O–H groups in total. The van der Waals surface area contributed by atoms with Gasteiger partial charge in [-0.1, -0.05) is 0 Å². The van der Waals surface area contributed by atoms with E-state index in [1.54, 1.807) is 0 Å². The first-order valence-electron chi connectivity index (χ1n) is 5.83. The Labute approximate surface area is 118 Å². The minimum Gasteiger partial charge on any atom is -0.480 e. The van der Waals surface area contributed by atoms with E-state index in [-0.39, 0.29) is 13.0 Å². The van der Waals surface area contributed by atoms with E-state index in [0.717, 1.165) is 12.1 Å². The summed E-state index contributed by atoms with van der Waals surface area (Å²) in [5.74, 6) is -3.14. The summed E-state index contributed by atoms with van der Waals surface area (Å²) in [4.78, 5) is 32.8. The molecule has 0 bridgehead atoms. The molecule has 1 rings (SSSR count). The third kappa shape index (κ3) is 4.49. The number of nitro benzene ring substituents is 1. The maximum Gasteiger partial charge on any atom is 0.326 e.